The summed E-state index contributed by atoms with van der Waals surface area (Å²) in [7, 11) is 1.31. The fourth-order valence-corrected chi connectivity index (χ4v) is 2.90. The highest BCUT2D eigenvalue weighted by Crippen LogP contribution is 2.62. The largest absolute Gasteiger partial charge is 0.471 e. The van der Waals surface area contributed by atoms with Gasteiger partial charge in [-0.05, 0) is 22.7 Å². The van der Waals surface area contributed by atoms with Crippen molar-refractivity contribution in [2.45, 2.75) is 41.0 Å². The average Bonchev–Trinajstić information content (AvgIpc) is 2.70. The van der Waals surface area contributed by atoms with Gasteiger partial charge in [-0.3, -0.25) is 9.59 Å². The summed E-state index contributed by atoms with van der Waals surface area (Å²) >= 11 is 0. The molecule has 2 rings (SSSR count). The van der Waals surface area contributed by atoms with Crippen molar-refractivity contribution in [2.75, 3.05) is 20.2 Å². The maximum absolute atomic E-state index is 12.0. The van der Waals surface area contributed by atoms with Crippen molar-refractivity contribution >= 4 is 12.4 Å². The molecule has 2 unspecified atom stereocenters. The minimum Gasteiger partial charge on any atom is -0.471 e. The number of ether oxygens (including phenoxy) is 1. The summed E-state index contributed by atoms with van der Waals surface area (Å²) in [5.74, 6) is 1.91. The van der Waals surface area contributed by atoms with Crippen LogP contribution >= 0.6 is 0 Å². The van der Waals surface area contributed by atoms with Gasteiger partial charge in [0.15, 0.2) is 0 Å². The summed E-state index contributed by atoms with van der Waals surface area (Å²) in [6.45, 7) is 13.4. The van der Waals surface area contributed by atoms with Crippen LogP contribution in [0.25, 0.3) is 0 Å². The number of hydrogen-bond donors (Lipinski definition) is 0. The highest BCUT2D eigenvalue weighted by Gasteiger charge is 2.62. The van der Waals surface area contributed by atoms with E-state index in [-0.39, 0.29) is 5.41 Å². The molecule has 0 radical (unpaired) electrons. The van der Waals surface area contributed by atoms with Gasteiger partial charge < -0.3 is 9.64 Å². The van der Waals surface area contributed by atoms with E-state index >= 15 is 0 Å². The predicted molar refractivity (Wildman–Crippen MR) is 74.5 cm³/mol. The quantitative estimate of drug-likeness (QED) is 0.723. The van der Waals surface area contributed by atoms with E-state index in [4.69, 9.17) is 4.79 Å². The third kappa shape index (κ3) is 3.95. The van der Waals surface area contributed by atoms with Crippen LogP contribution in [-0.2, 0) is 14.3 Å². The minimum absolute atomic E-state index is 0.124. The molecule has 0 N–H and O–H groups in total. The molecule has 1 aliphatic heterocycles. The fourth-order valence-electron chi connectivity index (χ4n) is 2.90. The van der Waals surface area contributed by atoms with Crippen molar-refractivity contribution in [1.82, 2.24) is 4.90 Å². The van der Waals surface area contributed by atoms with Crippen molar-refractivity contribution in [3.05, 3.63) is 0 Å². The number of carbonyl (C=O) groups is 2. The van der Waals surface area contributed by atoms with Crippen LogP contribution in [-0.4, -0.2) is 37.5 Å². The van der Waals surface area contributed by atoms with Gasteiger partial charge in [0, 0.05) is 19.5 Å². The Hall–Kier alpha value is -1.06. The monoisotopic (exact) mass is 269 g/mol. The van der Waals surface area contributed by atoms with Gasteiger partial charge in [0.25, 0.3) is 6.47 Å². The van der Waals surface area contributed by atoms with E-state index < -0.39 is 0 Å². The number of nitrogens with zero attached hydrogens (tertiary/aromatic N) is 1. The molecule has 2 aliphatic rings. The van der Waals surface area contributed by atoms with E-state index in [1.807, 2.05) is 0 Å². The zero-order valence-electron chi connectivity index (χ0n) is 13.0. The molecule has 1 amide bonds. The van der Waals surface area contributed by atoms with E-state index in [1.54, 1.807) is 0 Å². The Morgan fingerprint density at radius 3 is 2.05 bits per heavy atom. The summed E-state index contributed by atoms with van der Waals surface area (Å²) in [4.78, 5) is 23.0. The van der Waals surface area contributed by atoms with Gasteiger partial charge in [-0.25, -0.2) is 0 Å². The topological polar surface area (TPSA) is 46.6 Å². The lowest BCUT2D eigenvalue weighted by Crippen LogP contribution is -2.35. The number of rotatable bonds is 2. The summed E-state index contributed by atoms with van der Waals surface area (Å²) < 4.78 is 3.86. The fraction of sp³-hybridized carbons (Fsp3) is 0.867. The van der Waals surface area contributed by atoms with Gasteiger partial charge >= 0.3 is 0 Å². The predicted octanol–water partition coefficient (Wildman–Crippen LogP) is 2.33. The maximum Gasteiger partial charge on any atom is 0.292 e. The highest BCUT2D eigenvalue weighted by atomic mass is 16.5. The summed E-state index contributed by atoms with van der Waals surface area (Å²) in [6, 6.07) is 0. The normalized spacial score (nSPS) is 26.9. The van der Waals surface area contributed by atoms with Gasteiger partial charge in [0.1, 0.15) is 0 Å². The Kier molecular flexibility index (Phi) is 4.64. The van der Waals surface area contributed by atoms with Gasteiger partial charge in [-0.1, -0.05) is 34.6 Å². The lowest BCUT2D eigenvalue weighted by Gasteiger charge is -2.26. The summed E-state index contributed by atoms with van der Waals surface area (Å²) in [5.41, 5.74) is 0.637. The van der Waals surface area contributed by atoms with Crippen LogP contribution < -0.4 is 0 Å². The Balaban J connectivity index is 0.000000399. The molecule has 0 aromatic heterocycles. The van der Waals surface area contributed by atoms with Gasteiger partial charge in [-0.2, -0.15) is 0 Å². The first-order valence-corrected chi connectivity index (χ1v) is 6.87. The maximum atomic E-state index is 12.0. The van der Waals surface area contributed by atoms with Gasteiger partial charge in [0.2, 0.25) is 5.91 Å². The number of methoxy groups -OCH3 is 1. The standard InChI is InChI=1S/C13H23NO.C2H4O2/c1-12(2,3)6-11(15)14-7-9-10(8-14)13(9,4)5;1-4-2-3/h9-10H,6-8H2,1-5H3;2H,1H3. The van der Waals surface area contributed by atoms with Crippen molar-refractivity contribution in [2.24, 2.45) is 22.7 Å². The zero-order chi connectivity index (χ0) is 14.8. The van der Waals surface area contributed by atoms with Crippen molar-refractivity contribution in [3.8, 4) is 0 Å². The van der Waals surface area contributed by atoms with E-state index in [9.17, 15) is 4.79 Å². The van der Waals surface area contributed by atoms with Crippen molar-refractivity contribution < 1.29 is 14.3 Å². The van der Waals surface area contributed by atoms with Crippen LogP contribution in [0.4, 0.5) is 0 Å². The minimum atomic E-state index is 0.124. The highest BCUT2D eigenvalue weighted by molar-refractivity contribution is 5.77. The first-order valence-electron chi connectivity index (χ1n) is 6.87. The van der Waals surface area contributed by atoms with Crippen molar-refractivity contribution in [3.63, 3.8) is 0 Å². The van der Waals surface area contributed by atoms with Gasteiger partial charge in [0.05, 0.1) is 7.11 Å². The van der Waals surface area contributed by atoms with Crippen LogP contribution in [0.5, 0.6) is 0 Å². The number of fused-ring (bicyclic) bond motifs is 1. The molecule has 0 aromatic carbocycles. The van der Waals surface area contributed by atoms with E-state index in [0.717, 1.165) is 24.9 Å². The molecule has 0 bridgehead atoms. The Labute approximate surface area is 116 Å². The molecule has 2 atom stereocenters. The Morgan fingerprint density at radius 2 is 1.74 bits per heavy atom. The average molecular weight is 269 g/mol. The van der Waals surface area contributed by atoms with Gasteiger partial charge in [-0.15, -0.1) is 0 Å². The molecule has 1 aliphatic carbocycles. The van der Waals surface area contributed by atoms with E-state index in [2.05, 4.69) is 44.3 Å². The van der Waals surface area contributed by atoms with Crippen LogP contribution in [0.15, 0.2) is 0 Å². The first-order chi connectivity index (χ1) is 8.63. The number of carbonyl (C=O) groups excluding carboxylic acids is 2. The molecule has 1 heterocycles. The molecule has 19 heavy (non-hydrogen) atoms. The summed E-state index contributed by atoms with van der Waals surface area (Å²) in [6.07, 6.45) is 0.687. The second-order valence-electron chi connectivity index (χ2n) is 7.40. The first kappa shape index (κ1) is 16.0. The third-order valence-corrected chi connectivity index (χ3v) is 4.25. The molecule has 4 nitrogen and oxygen atoms in total. The molecule has 1 saturated carbocycles. The molecule has 0 aromatic rings. The Morgan fingerprint density at radius 1 is 1.32 bits per heavy atom. The Bertz CT molecular complexity index is 330. The molecular weight excluding hydrogens is 242 g/mol. The van der Waals surface area contributed by atoms with Crippen LogP contribution in [0, 0.1) is 22.7 Å². The lowest BCUT2D eigenvalue weighted by molar-refractivity contribution is -0.133. The third-order valence-electron chi connectivity index (χ3n) is 4.25. The number of likely N-dealkylation sites (tertiary alicyclic amines) is 1. The second-order valence-corrected chi connectivity index (χ2v) is 7.40. The van der Waals surface area contributed by atoms with E-state index in [1.165, 1.54) is 7.11 Å². The molecular formula is C15H27NO3. The number of piperidine rings is 1. The number of hydrogen-bond acceptors (Lipinski definition) is 3. The second kappa shape index (κ2) is 5.51. The summed E-state index contributed by atoms with van der Waals surface area (Å²) in [5, 5.41) is 0. The van der Waals surface area contributed by atoms with Crippen LogP contribution in [0.2, 0.25) is 0 Å². The smallest absolute Gasteiger partial charge is 0.292 e. The molecule has 4 heteroatoms. The SMILES string of the molecule is CC(C)(C)CC(=O)N1CC2C(C1)C2(C)C.COC=O. The molecule has 0 spiro atoms. The molecule has 1 saturated heterocycles. The molecule has 2 fully saturated rings. The zero-order valence-corrected chi connectivity index (χ0v) is 13.0. The lowest BCUT2D eigenvalue weighted by atomic mass is 9.91. The van der Waals surface area contributed by atoms with E-state index in [0.29, 0.717) is 24.2 Å². The van der Waals surface area contributed by atoms with Crippen LogP contribution in [0.1, 0.15) is 41.0 Å². The van der Waals surface area contributed by atoms with Crippen LogP contribution in [0.3, 0.4) is 0 Å². The number of amides is 1. The molecule has 110 valence electrons. The van der Waals surface area contributed by atoms with Crippen molar-refractivity contribution in [1.29, 1.82) is 0 Å².